The summed E-state index contributed by atoms with van der Waals surface area (Å²) in [6, 6.07) is 0. The van der Waals surface area contributed by atoms with Gasteiger partial charge in [-0.3, -0.25) is 14.9 Å². The molecule has 11 heteroatoms. The number of thioether (sulfide) groups is 1. The average Bonchev–Trinajstić information content (AvgIpc) is 2.36. The molecule has 1 N–H and O–H groups in total. The molecule has 118 valence electrons. The number of carbonyl (C=O) groups excluding carboxylic acids is 4. The fourth-order valence-corrected chi connectivity index (χ4v) is 1.04. The molecular formula is C10H14N2O8S. The first-order valence-corrected chi connectivity index (χ1v) is 6.57. The fourth-order valence-electron chi connectivity index (χ4n) is 0.692. The van der Waals surface area contributed by atoms with Crippen LogP contribution in [0.15, 0.2) is 4.99 Å². The highest BCUT2D eigenvalue weighted by Crippen LogP contribution is 1.98. The lowest BCUT2D eigenvalue weighted by molar-refractivity contribution is -0.150. The molecule has 0 aromatic heterocycles. The van der Waals surface area contributed by atoms with Crippen LogP contribution >= 0.6 is 11.8 Å². The summed E-state index contributed by atoms with van der Waals surface area (Å²) in [6.45, 7) is 1.14. The number of alkyl carbamates (subject to hydrolysis) is 1. The van der Waals surface area contributed by atoms with Crippen molar-refractivity contribution < 1.29 is 38.1 Å². The van der Waals surface area contributed by atoms with Crippen LogP contribution in [-0.2, 0) is 28.5 Å². The summed E-state index contributed by atoms with van der Waals surface area (Å²) in [5, 5.41) is 2.01. The summed E-state index contributed by atoms with van der Waals surface area (Å²) in [6.07, 6.45) is -0.511. The highest BCUT2D eigenvalue weighted by Gasteiger charge is 2.10. The Bertz CT molecular complexity index is 437. The van der Waals surface area contributed by atoms with Crippen LogP contribution in [0.2, 0.25) is 0 Å². The van der Waals surface area contributed by atoms with Crippen molar-refractivity contribution in [2.75, 3.05) is 19.8 Å². The molecule has 0 rings (SSSR count). The number of amides is 2. The van der Waals surface area contributed by atoms with Crippen LogP contribution < -0.4 is 5.32 Å². The van der Waals surface area contributed by atoms with Gasteiger partial charge in [-0.25, -0.2) is 9.59 Å². The van der Waals surface area contributed by atoms with Gasteiger partial charge < -0.3 is 18.9 Å². The van der Waals surface area contributed by atoms with Crippen molar-refractivity contribution in [2.45, 2.75) is 13.8 Å². The number of rotatable bonds is 4. The Morgan fingerprint density at radius 2 is 1.48 bits per heavy atom. The van der Waals surface area contributed by atoms with Gasteiger partial charge in [0.1, 0.15) is 0 Å². The van der Waals surface area contributed by atoms with E-state index >= 15 is 0 Å². The molecule has 0 radical (unpaired) electrons. The third kappa shape index (κ3) is 11.2. The highest BCUT2D eigenvalue weighted by molar-refractivity contribution is 8.13. The van der Waals surface area contributed by atoms with Gasteiger partial charge in [0, 0.05) is 13.8 Å². The van der Waals surface area contributed by atoms with Gasteiger partial charge >= 0.3 is 24.1 Å². The van der Waals surface area contributed by atoms with E-state index < -0.39 is 37.7 Å². The van der Waals surface area contributed by atoms with Gasteiger partial charge in [0.05, 0.1) is 0 Å². The summed E-state index contributed by atoms with van der Waals surface area (Å²) in [5.74, 6) is -1.24. The molecule has 21 heavy (non-hydrogen) atoms. The number of carbonyl (C=O) groups is 4. The van der Waals surface area contributed by atoms with E-state index in [2.05, 4.69) is 29.3 Å². The van der Waals surface area contributed by atoms with E-state index in [0.717, 1.165) is 25.6 Å². The number of aliphatic imine (C=N–C) groups is 1. The van der Waals surface area contributed by atoms with Crippen LogP contribution in [0.5, 0.6) is 0 Å². The zero-order valence-electron chi connectivity index (χ0n) is 11.5. The first-order chi connectivity index (χ1) is 9.85. The number of ether oxygens (including phenoxy) is 4. The molecule has 0 aromatic rings. The summed E-state index contributed by atoms with van der Waals surface area (Å²) in [4.78, 5) is 46.7. The smallest absolute Gasteiger partial charge is 0.428 e. The first kappa shape index (κ1) is 18.7. The van der Waals surface area contributed by atoms with Crippen molar-refractivity contribution in [2.24, 2.45) is 4.99 Å². The molecule has 0 aliphatic rings. The number of esters is 2. The number of nitrogens with zero attached hydrogens (tertiary/aromatic N) is 1. The maximum atomic E-state index is 11.2. The number of hydrogen-bond donors (Lipinski definition) is 1. The lowest BCUT2D eigenvalue weighted by Gasteiger charge is -2.07. The molecule has 0 aliphatic heterocycles. The summed E-state index contributed by atoms with van der Waals surface area (Å²) in [5.41, 5.74) is 0. The average molecular weight is 322 g/mol. The predicted molar refractivity (Wildman–Crippen MR) is 70.3 cm³/mol. The maximum absolute atomic E-state index is 11.2. The molecule has 0 atom stereocenters. The van der Waals surface area contributed by atoms with Crippen molar-refractivity contribution in [1.29, 1.82) is 0 Å². The van der Waals surface area contributed by atoms with Crippen LogP contribution in [0.1, 0.15) is 13.8 Å². The molecule has 0 fully saturated rings. The van der Waals surface area contributed by atoms with Crippen LogP contribution in [0.25, 0.3) is 0 Å². The number of amidine groups is 1. The van der Waals surface area contributed by atoms with E-state index in [1.165, 1.54) is 6.26 Å². The standard InChI is InChI=1S/C10H14N2O8S/c1-6(13)17-4-19-9(15)11-8(21-3)12-10(16)20-5-18-7(2)14/h4-5H2,1-3H3,(H,11,12,15,16). The monoisotopic (exact) mass is 322 g/mol. The Morgan fingerprint density at radius 3 is 1.95 bits per heavy atom. The minimum Gasteiger partial charge on any atom is -0.428 e. The van der Waals surface area contributed by atoms with Crippen molar-refractivity contribution in [3.63, 3.8) is 0 Å². The van der Waals surface area contributed by atoms with Crippen molar-refractivity contribution in [1.82, 2.24) is 5.32 Å². The van der Waals surface area contributed by atoms with Gasteiger partial charge in [-0.2, -0.15) is 4.99 Å². The van der Waals surface area contributed by atoms with E-state index in [4.69, 9.17) is 0 Å². The second-order valence-electron chi connectivity index (χ2n) is 3.10. The molecular weight excluding hydrogens is 308 g/mol. The van der Waals surface area contributed by atoms with Gasteiger partial charge in [0.15, 0.2) is 5.17 Å². The molecule has 0 saturated carbocycles. The second-order valence-corrected chi connectivity index (χ2v) is 3.89. The van der Waals surface area contributed by atoms with Crippen LogP contribution in [0, 0.1) is 0 Å². The normalized spacial score (nSPS) is 10.3. The van der Waals surface area contributed by atoms with E-state index in [9.17, 15) is 19.2 Å². The van der Waals surface area contributed by atoms with E-state index in [1.54, 1.807) is 0 Å². The predicted octanol–water partition coefficient (Wildman–Crippen LogP) is 0.609. The number of nitrogens with one attached hydrogen (secondary N) is 1. The van der Waals surface area contributed by atoms with Crippen molar-refractivity contribution in [3.8, 4) is 0 Å². The van der Waals surface area contributed by atoms with Crippen LogP contribution in [0.4, 0.5) is 9.59 Å². The van der Waals surface area contributed by atoms with Gasteiger partial charge in [-0.1, -0.05) is 11.8 Å². The molecule has 0 spiro atoms. The molecule has 0 heterocycles. The molecule has 0 aromatic carbocycles. The number of hydrogen-bond acceptors (Lipinski definition) is 9. The second kappa shape index (κ2) is 10.5. The Morgan fingerprint density at radius 1 is 0.952 bits per heavy atom. The molecule has 0 saturated heterocycles. The third-order valence-electron chi connectivity index (χ3n) is 1.49. The van der Waals surface area contributed by atoms with E-state index in [1.807, 2.05) is 0 Å². The molecule has 0 unspecified atom stereocenters. The molecule has 2 amide bonds. The zero-order chi connectivity index (χ0) is 16.3. The van der Waals surface area contributed by atoms with Crippen molar-refractivity contribution >= 4 is 41.1 Å². The topological polar surface area (TPSA) is 130 Å². The third-order valence-corrected chi connectivity index (χ3v) is 2.07. The fraction of sp³-hybridized carbons (Fsp3) is 0.500. The minimum atomic E-state index is -1.07. The van der Waals surface area contributed by atoms with E-state index in [-0.39, 0.29) is 5.17 Å². The SMILES string of the molecule is CSC(=NC(=O)OCOC(C)=O)NC(=O)OCOC(C)=O. The Balaban J connectivity index is 4.19. The van der Waals surface area contributed by atoms with Crippen molar-refractivity contribution in [3.05, 3.63) is 0 Å². The van der Waals surface area contributed by atoms with E-state index in [0.29, 0.717) is 0 Å². The lowest BCUT2D eigenvalue weighted by atomic mass is 10.8. The quantitative estimate of drug-likeness (QED) is 0.342. The largest absolute Gasteiger partial charge is 0.438 e. The summed E-state index contributed by atoms with van der Waals surface area (Å²) < 4.78 is 17.6. The maximum Gasteiger partial charge on any atom is 0.438 e. The zero-order valence-corrected chi connectivity index (χ0v) is 12.4. The highest BCUT2D eigenvalue weighted by atomic mass is 32.2. The Hall–Kier alpha value is -2.30. The Kier molecular flexibility index (Phi) is 9.33. The molecule has 0 bridgehead atoms. The van der Waals surface area contributed by atoms with Crippen LogP contribution in [-0.4, -0.2) is 49.1 Å². The Labute approximate surface area is 124 Å². The molecule has 10 nitrogen and oxygen atoms in total. The van der Waals surface area contributed by atoms with Crippen LogP contribution in [0.3, 0.4) is 0 Å². The van der Waals surface area contributed by atoms with Gasteiger partial charge in [0.25, 0.3) is 0 Å². The minimum absolute atomic E-state index is 0.115. The first-order valence-electron chi connectivity index (χ1n) is 5.35. The molecule has 0 aliphatic carbocycles. The lowest BCUT2D eigenvalue weighted by Crippen LogP contribution is -2.30. The van der Waals surface area contributed by atoms with Gasteiger partial charge in [-0.05, 0) is 6.26 Å². The van der Waals surface area contributed by atoms with Gasteiger partial charge in [-0.15, -0.1) is 0 Å². The van der Waals surface area contributed by atoms with Gasteiger partial charge in [0.2, 0.25) is 13.6 Å². The summed E-state index contributed by atoms with van der Waals surface area (Å²) >= 11 is 0.928. The summed E-state index contributed by atoms with van der Waals surface area (Å²) in [7, 11) is 0.